The zero-order valence-corrected chi connectivity index (χ0v) is 18.2. The van der Waals surface area contributed by atoms with Gasteiger partial charge in [-0.1, -0.05) is 48.3 Å². The summed E-state index contributed by atoms with van der Waals surface area (Å²) < 4.78 is 12.0. The number of carbonyl (C=O) groups excluding carboxylic acids is 1. The van der Waals surface area contributed by atoms with E-state index >= 15 is 0 Å². The zero-order chi connectivity index (χ0) is 20.4. The van der Waals surface area contributed by atoms with E-state index in [-0.39, 0.29) is 12.5 Å². The molecule has 1 amide bonds. The van der Waals surface area contributed by atoms with E-state index in [0.717, 1.165) is 22.9 Å². The van der Waals surface area contributed by atoms with Crippen LogP contribution in [0.5, 0.6) is 11.5 Å². The molecule has 28 heavy (non-hydrogen) atoms. The molecule has 1 N–H and O–H groups in total. The van der Waals surface area contributed by atoms with E-state index in [1.165, 1.54) is 5.56 Å². The third-order valence-corrected chi connectivity index (χ3v) is 4.70. The van der Waals surface area contributed by atoms with Gasteiger partial charge in [-0.15, -0.1) is 0 Å². The van der Waals surface area contributed by atoms with E-state index in [2.05, 4.69) is 40.3 Å². The number of amides is 1. The summed E-state index contributed by atoms with van der Waals surface area (Å²) in [6.45, 7) is 6.77. The third kappa shape index (κ3) is 7.00. The van der Waals surface area contributed by atoms with Gasteiger partial charge >= 0.3 is 0 Å². The molecule has 0 aliphatic carbocycles. The second kappa shape index (κ2) is 11.5. The van der Waals surface area contributed by atoms with Gasteiger partial charge in [0.2, 0.25) is 0 Å². The van der Waals surface area contributed by atoms with Crippen LogP contribution >= 0.6 is 15.9 Å². The molecule has 6 heteroatoms. The van der Waals surface area contributed by atoms with Crippen molar-refractivity contribution < 1.29 is 14.3 Å². The van der Waals surface area contributed by atoms with Crippen molar-refractivity contribution in [3.63, 3.8) is 0 Å². The highest BCUT2D eigenvalue weighted by molar-refractivity contribution is 9.10. The van der Waals surface area contributed by atoms with Crippen LogP contribution in [-0.4, -0.2) is 25.3 Å². The van der Waals surface area contributed by atoms with Crippen molar-refractivity contribution in [1.29, 1.82) is 0 Å². The van der Waals surface area contributed by atoms with Gasteiger partial charge in [-0.25, -0.2) is 5.43 Å². The van der Waals surface area contributed by atoms with E-state index in [1.54, 1.807) is 6.21 Å². The molecule has 150 valence electrons. The van der Waals surface area contributed by atoms with E-state index in [0.29, 0.717) is 24.0 Å². The van der Waals surface area contributed by atoms with Gasteiger partial charge in [-0.05, 0) is 55.2 Å². The van der Waals surface area contributed by atoms with Gasteiger partial charge in [-0.3, -0.25) is 4.79 Å². The van der Waals surface area contributed by atoms with Crippen LogP contribution in [0.1, 0.15) is 50.7 Å². The molecule has 0 unspecified atom stereocenters. The minimum absolute atomic E-state index is 0.0992. The summed E-state index contributed by atoms with van der Waals surface area (Å²) in [4.78, 5) is 12.0. The number of hydrogen-bond donors (Lipinski definition) is 1. The number of carbonyl (C=O) groups is 1. The molecule has 5 nitrogen and oxygen atoms in total. The highest BCUT2D eigenvalue weighted by Crippen LogP contribution is 2.23. The lowest BCUT2D eigenvalue weighted by atomic mass is 9.97. The topological polar surface area (TPSA) is 59.9 Å². The summed E-state index contributed by atoms with van der Waals surface area (Å²) in [5.41, 5.74) is 4.52. The van der Waals surface area contributed by atoms with Crippen molar-refractivity contribution in [2.45, 2.75) is 39.5 Å². The predicted octanol–water partition coefficient (Wildman–Crippen LogP) is 5.28. The molecule has 0 radical (unpaired) electrons. The lowest BCUT2D eigenvalue weighted by Crippen LogP contribution is -2.24. The minimum atomic E-state index is -0.326. The molecular weight excluding hydrogens is 420 g/mol. The fraction of sp³-hybridized carbons (Fsp3) is 0.364. The number of rotatable bonds is 10. The monoisotopic (exact) mass is 446 g/mol. The Kier molecular flexibility index (Phi) is 9.01. The molecule has 2 rings (SSSR count). The fourth-order valence-corrected chi connectivity index (χ4v) is 3.13. The average Bonchev–Trinajstić information content (AvgIpc) is 2.69. The molecule has 1 atom stereocenters. The van der Waals surface area contributed by atoms with Crippen molar-refractivity contribution in [3.05, 3.63) is 58.1 Å². The summed E-state index contributed by atoms with van der Waals surface area (Å²) in [5, 5.41) is 3.99. The largest absolute Gasteiger partial charge is 0.493 e. The average molecular weight is 447 g/mol. The van der Waals surface area contributed by atoms with Gasteiger partial charge in [0.15, 0.2) is 6.61 Å². The molecule has 0 aromatic heterocycles. The minimum Gasteiger partial charge on any atom is -0.493 e. The smallest absolute Gasteiger partial charge is 0.277 e. The second-order valence-corrected chi connectivity index (χ2v) is 7.37. The molecule has 0 saturated heterocycles. The van der Waals surface area contributed by atoms with Crippen LogP contribution < -0.4 is 14.9 Å². The molecular formula is C22H27BrN2O3. The van der Waals surface area contributed by atoms with Gasteiger partial charge in [-0.2, -0.15) is 5.10 Å². The van der Waals surface area contributed by atoms with Crippen molar-refractivity contribution >= 4 is 28.1 Å². The molecule has 0 aliphatic heterocycles. The first kappa shape index (κ1) is 22.0. The van der Waals surface area contributed by atoms with E-state index < -0.39 is 0 Å². The van der Waals surface area contributed by atoms with Crippen LogP contribution in [0.15, 0.2) is 52.0 Å². The van der Waals surface area contributed by atoms with Crippen LogP contribution in [0.4, 0.5) is 0 Å². The number of nitrogens with zero attached hydrogens (tertiary/aromatic N) is 1. The predicted molar refractivity (Wildman–Crippen MR) is 116 cm³/mol. The SMILES string of the molecule is CCC[C@H](C)c1ccc(OCC(=O)N/N=C\c2cc(Br)ccc2OCC)cc1. The summed E-state index contributed by atoms with van der Waals surface area (Å²) in [6.07, 6.45) is 3.87. The number of hydrazone groups is 1. The van der Waals surface area contributed by atoms with Crippen LogP contribution in [0.25, 0.3) is 0 Å². The Labute approximate surface area is 175 Å². The standard InChI is InChI=1S/C22H27BrN2O3/c1-4-6-16(3)17-7-10-20(11-8-17)28-15-22(26)25-24-14-18-13-19(23)9-12-21(18)27-5-2/h7-14,16H,4-6,15H2,1-3H3,(H,25,26)/b24-14-/t16-/m0/s1. The van der Waals surface area contributed by atoms with Crippen molar-refractivity contribution in [3.8, 4) is 11.5 Å². The number of ether oxygens (including phenoxy) is 2. The number of benzene rings is 2. The van der Waals surface area contributed by atoms with E-state index in [9.17, 15) is 4.79 Å². The molecule has 0 spiro atoms. The lowest BCUT2D eigenvalue weighted by molar-refractivity contribution is -0.123. The van der Waals surface area contributed by atoms with Crippen LogP contribution in [-0.2, 0) is 4.79 Å². The Morgan fingerprint density at radius 1 is 1.18 bits per heavy atom. The second-order valence-electron chi connectivity index (χ2n) is 6.46. The maximum absolute atomic E-state index is 12.0. The molecule has 0 bridgehead atoms. The summed E-state index contributed by atoms with van der Waals surface area (Å²) in [6, 6.07) is 13.5. The highest BCUT2D eigenvalue weighted by Gasteiger charge is 2.06. The first-order valence-corrected chi connectivity index (χ1v) is 10.3. The van der Waals surface area contributed by atoms with Crippen molar-refractivity contribution in [1.82, 2.24) is 5.43 Å². The Morgan fingerprint density at radius 2 is 1.93 bits per heavy atom. The van der Waals surface area contributed by atoms with E-state index in [4.69, 9.17) is 9.47 Å². The van der Waals surface area contributed by atoms with Gasteiger partial charge in [0.05, 0.1) is 12.8 Å². The van der Waals surface area contributed by atoms with Crippen LogP contribution in [0, 0.1) is 0 Å². The Morgan fingerprint density at radius 3 is 2.61 bits per heavy atom. The van der Waals surface area contributed by atoms with Gasteiger partial charge < -0.3 is 9.47 Å². The molecule has 2 aromatic carbocycles. The number of halogens is 1. The van der Waals surface area contributed by atoms with Crippen LogP contribution in [0.2, 0.25) is 0 Å². The van der Waals surface area contributed by atoms with Gasteiger partial charge in [0.25, 0.3) is 5.91 Å². The highest BCUT2D eigenvalue weighted by atomic mass is 79.9. The summed E-state index contributed by atoms with van der Waals surface area (Å²) in [5.74, 6) is 1.57. The maximum Gasteiger partial charge on any atom is 0.277 e. The molecule has 0 heterocycles. The van der Waals surface area contributed by atoms with Gasteiger partial charge in [0, 0.05) is 10.0 Å². The van der Waals surface area contributed by atoms with Crippen molar-refractivity contribution in [2.24, 2.45) is 5.10 Å². The zero-order valence-electron chi connectivity index (χ0n) is 16.6. The molecule has 0 fully saturated rings. The Hall–Kier alpha value is -2.34. The first-order valence-electron chi connectivity index (χ1n) is 9.50. The summed E-state index contributed by atoms with van der Waals surface area (Å²) in [7, 11) is 0. The number of nitrogens with one attached hydrogen (secondary N) is 1. The Balaban J connectivity index is 1.84. The van der Waals surface area contributed by atoms with E-state index in [1.807, 2.05) is 49.4 Å². The molecule has 0 aliphatic rings. The third-order valence-electron chi connectivity index (χ3n) is 4.21. The fourth-order valence-electron chi connectivity index (χ4n) is 2.75. The van der Waals surface area contributed by atoms with Gasteiger partial charge in [0.1, 0.15) is 11.5 Å². The maximum atomic E-state index is 12.0. The number of hydrogen-bond acceptors (Lipinski definition) is 4. The normalized spacial score (nSPS) is 12.0. The molecule has 2 aromatic rings. The lowest BCUT2D eigenvalue weighted by Gasteiger charge is -2.11. The molecule has 0 saturated carbocycles. The van der Waals surface area contributed by atoms with Crippen molar-refractivity contribution in [2.75, 3.05) is 13.2 Å². The summed E-state index contributed by atoms with van der Waals surface area (Å²) >= 11 is 3.42. The Bertz CT molecular complexity index is 791. The first-order chi connectivity index (χ1) is 13.5. The van der Waals surface area contributed by atoms with Crippen LogP contribution in [0.3, 0.4) is 0 Å². The quantitative estimate of drug-likeness (QED) is 0.398.